The number of pyridine rings is 1. The van der Waals surface area contributed by atoms with Crippen molar-refractivity contribution in [2.24, 2.45) is 5.16 Å². The third-order valence-corrected chi connectivity index (χ3v) is 12.3. The first kappa shape index (κ1) is 48.1. The fraction of sp³-hybridized carbons (Fsp3) is 0.474. The lowest BCUT2D eigenvalue weighted by molar-refractivity contribution is -0.905. The first-order valence-corrected chi connectivity index (χ1v) is 20.7. The molecule has 336 valence electrons. The van der Waals surface area contributed by atoms with Crippen LogP contribution in [0.3, 0.4) is 0 Å². The van der Waals surface area contributed by atoms with Gasteiger partial charge in [0.2, 0.25) is 11.0 Å². The molecule has 0 spiro atoms. The Morgan fingerprint density at radius 3 is 2.32 bits per heavy atom. The van der Waals surface area contributed by atoms with E-state index < -0.39 is 110 Å². The van der Waals surface area contributed by atoms with Crippen molar-refractivity contribution in [3.05, 3.63) is 62.0 Å². The highest BCUT2D eigenvalue weighted by Gasteiger charge is 2.55. The van der Waals surface area contributed by atoms with Crippen LogP contribution < -0.4 is 45.4 Å². The van der Waals surface area contributed by atoms with Gasteiger partial charge < -0.3 is 68.8 Å². The number of hydrogen-bond acceptors (Lipinski definition) is 14. The van der Waals surface area contributed by atoms with Crippen molar-refractivity contribution in [3.8, 4) is 0 Å². The molecule has 18 nitrogen and oxygen atoms in total. The van der Waals surface area contributed by atoms with Crippen molar-refractivity contribution in [2.45, 2.75) is 63.8 Å². The normalized spacial score (nSPS) is 19.0. The van der Waals surface area contributed by atoms with Crippen LogP contribution in [-0.4, -0.2) is 139 Å². The zero-order valence-electron chi connectivity index (χ0n) is 34.3. The van der Waals surface area contributed by atoms with Crippen molar-refractivity contribution in [1.82, 2.24) is 19.8 Å². The number of alkyl halides is 1. The molecule has 5 heterocycles. The number of aromatic nitrogens is 2. The van der Waals surface area contributed by atoms with E-state index in [1.807, 2.05) is 7.05 Å². The highest BCUT2D eigenvalue weighted by molar-refractivity contribution is 8.00. The number of anilines is 2. The van der Waals surface area contributed by atoms with Gasteiger partial charge in [0, 0.05) is 22.9 Å². The molecule has 0 radical (unpaired) electrons. The van der Waals surface area contributed by atoms with E-state index in [1.165, 1.54) is 35.9 Å². The van der Waals surface area contributed by atoms with Gasteiger partial charge in [0.15, 0.2) is 16.7 Å². The molecule has 2 atom stereocenters. The van der Waals surface area contributed by atoms with Gasteiger partial charge >= 0.3 is 17.9 Å². The average Bonchev–Trinajstić information content (AvgIpc) is 3.59. The SMILES string of the molecule is CC(C)(C)OC(=O)C(C)(C)O/N=C(\C(=O)N[C@H]1C(=O)N2C(C(=O)O)=C(C[N+]3(C)CCN(c4c(F)cc5c(=O)c(C(=O)O)cn(CCF)c5c4F)CC3)CS[C@@H]12)c1csc(N)n1.[I-]. The van der Waals surface area contributed by atoms with E-state index in [0.29, 0.717) is 5.57 Å². The second kappa shape index (κ2) is 18.0. The quantitative estimate of drug-likeness (QED) is 0.0424. The van der Waals surface area contributed by atoms with E-state index in [1.54, 1.807) is 20.8 Å². The number of β-lactam (4-membered cyclic amide) rings is 1. The predicted octanol–water partition coefficient (Wildman–Crippen LogP) is -0.463. The van der Waals surface area contributed by atoms with Gasteiger partial charge in [-0.25, -0.2) is 32.5 Å². The number of aryl methyl sites for hydroxylation is 1. The Bertz CT molecular complexity index is 2460. The summed E-state index contributed by atoms with van der Waals surface area (Å²) in [4.78, 5) is 89.4. The molecule has 0 aliphatic carbocycles. The van der Waals surface area contributed by atoms with E-state index in [2.05, 4.69) is 15.5 Å². The Kier molecular flexibility index (Phi) is 14.0. The lowest BCUT2D eigenvalue weighted by Crippen LogP contribution is -3.00. The molecule has 3 aliphatic heterocycles. The first-order chi connectivity index (χ1) is 28.5. The van der Waals surface area contributed by atoms with E-state index in [-0.39, 0.29) is 83.5 Å². The number of benzene rings is 1. The van der Waals surface area contributed by atoms with Gasteiger partial charge in [-0.1, -0.05) is 5.16 Å². The molecule has 24 heteroatoms. The summed E-state index contributed by atoms with van der Waals surface area (Å²) in [5.41, 5.74) is 0.322. The standard InChI is InChI=1S/C38H43F3N8O10S2.HI/c1-37(2,3)58-35(57)38(4,5)59-45-24(22-17-61-36(42)43-22)30(51)44-25-31(52)48-26(34(55)56)18(16-60-32(25)48)15-49(6)11-9-46(10-12-49)28-21(40)13-19-27(23(28)41)47(8-7-39)14-20(29(19)50)33(53)54;/h13-14,17,25,32H,7-12,15-16H2,1-6H3,(H4-,42,43,44,51,53,54,55,56);1H/b45-24-;/t25-,32-;/m0./s1. The van der Waals surface area contributed by atoms with E-state index in [4.69, 9.17) is 15.3 Å². The largest absolute Gasteiger partial charge is 1.00 e. The molecule has 62 heavy (non-hydrogen) atoms. The number of esters is 1. The number of hydrogen-bond donors (Lipinski definition) is 4. The molecule has 2 amide bonds. The summed E-state index contributed by atoms with van der Waals surface area (Å²) in [7, 11) is 1.83. The first-order valence-electron chi connectivity index (χ1n) is 18.8. The lowest BCUT2D eigenvalue weighted by atomic mass is 10.0. The lowest BCUT2D eigenvalue weighted by Gasteiger charge is -2.50. The number of nitrogens with two attached hydrogens (primary N) is 1. The van der Waals surface area contributed by atoms with Crippen molar-refractivity contribution in [1.29, 1.82) is 0 Å². The second-order valence-corrected chi connectivity index (χ2v) is 18.4. The molecule has 0 saturated carbocycles. The molecular formula is C38H44F3IN8O10S2. The molecule has 5 N–H and O–H groups in total. The number of fused-ring (bicyclic) bond motifs is 2. The van der Waals surface area contributed by atoms with Gasteiger partial charge in [-0.05, 0) is 40.7 Å². The Balaban J connectivity index is 0.00000726. The number of thiazole rings is 1. The third-order valence-electron chi connectivity index (χ3n) is 10.3. The van der Waals surface area contributed by atoms with E-state index in [0.717, 1.165) is 33.1 Å². The van der Waals surface area contributed by atoms with Crippen LogP contribution in [0.15, 0.2) is 38.9 Å². The summed E-state index contributed by atoms with van der Waals surface area (Å²) in [5.74, 6) is -7.46. The number of halogens is 4. The van der Waals surface area contributed by atoms with Crippen molar-refractivity contribution >= 4 is 80.3 Å². The number of thioether (sulfide) groups is 1. The van der Waals surface area contributed by atoms with Crippen molar-refractivity contribution in [2.75, 3.05) is 62.8 Å². The number of carbonyl (C=O) groups is 5. The number of carboxylic acids is 2. The number of nitrogen functional groups attached to an aromatic ring is 1. The number of carboxylic acid groups (broad SMARTS) is 2. The Morgan fingerprint density at radius 2 is 1.76 bits per heavy atom. The molecule has 2 saturated heterocycles. The number of oxime groups is 1. The van der Waals surface area contributed by atoms with Gasteiger partial charge in [0.1, 0.15) is 58.7 Å². The molecular weight excluding hydrogens is 976 g/mol. The number of ether oxygens (including phenoxy) is 1. The van der Waals surface area contributed by atoms with Gasteiger partial charge in [-0.15, -0.1) is 23.1 Å². The fourth-order valence-electron chi connectivity index (χ4n) is 7.19. The number of nitrogens with zero attached hydrogens (tertiary/aromatic N) is 6. The Morgan fingerprint density at radius 1 is 1.10 bits per heavy atom. The molecule has 2 aromatic heterocycles. The molecule has 3 aliphatic rings. The summed E-state index contributed by atoms with van der Waals surface area (Å²) in [5, 5.41) is 26.5. The van der Waals surface area contributed by atoms with E-state index >= 15 is 8.78 Å². The molecule has 6 rings (SSSR count). The maximum atomic E-state index is 16.2. The number of aromatic carboxylic acids is 1. The summed E-state index contributed by atoms with van der Waals surface area (Å²) < 4.78 is 51.7. The van der Waals surface area contributed by atoms with Crippen LogP contribution in [0.4, 0.5) is 24.0 Å². The Labute approximate surface area is 377 Å². The molecule has 0 bridgehead atoms. The average molecular weight is 1020 g/mol. The molecule has 3 aromatic rings. The van der Waals surface area contributed by atoms with Crippen LogP contribution in [0.2, 0.25) is 0 Å². The Hall–Kier alpha value is -4.95. The predicted molar refractivity (Wildman–Crippen MR) is 218 cm³/mol. The zero-order valence-corrected chi connectivity index (χ0v) is 38.1. The topological polar surface area (TPSA) is 236 Å². The number of rotatable bonds is 13. The fourth-order valence-corrected chi connectivity index (χ4v) is 9.07. The van der Waals surface area contributed by atoms with Crippen LogP contribution in [0.25, 0.3) is 10.9 Å². The highest BCUT2D eigenvalue weighted by Crippen LogP contribution is 2.41. The molecule has 1 aromatic carbocycles. The number of aliphatic carboxylic acids is 1. The second-order valence-electron chi connectivity index (χ2n) is 16.4. The van der Waals surface area contributed by atoms with Crippen molar-refractivity contribution < 1.29 is 85.4 Å². The van der Waals surface area contributed by atoms with Crippen molar-refractivity contribution in [3.63, 3.8) is 0 Å². The van der Waals surface area contributed by atoms with Gasteiger partial charge in [-0.2, -0.15) is 0 Å². The number of nitrogens with one attached hydrogen (secondary N) is 1. The zero-order chi connectivity index (χ0) is 44.9. The summed E-state index contributed by atoms with van der Waals surface area (Å²) in [6.45, 7) is 7.13. The molecule has 0 unspecified atom stereocenters. The van der Waals surface area contributed by atoms with Crippen LogP contribution >= 0.6 is 23.1 Å². The third kappa shape index (κ3) is 9.51. The monoisotopic (exact) mass is 1020 g/mol. The minimum atomic E-state index is -1.65. The maximum absolute atomic E-state index is 16.2. The minimum Gasteiger partial charge on any atom is -1.00 e. The smallest absolute Gasteiger partial charge is 0.353 e. The highest BCUT2D eigenvalue weighted by atomic mass is 127. The van der Waals surface area contributed by atoms with Crippen LogP contribution in [0.1, 0.15) is 50.7 Å². The van der Waals surface area contributed by atoms with Gasteiger partial charge in [0.25, 0.3) is 11.8 Å². The number of quaternary nitrogens is 1. The number of amides is 2. The van der Waals surface area contributed by atoms with Crippen LogP contribution in [-0.2, 0) is 35.3 Å². The summed E-state index contributed by atoms with van der Waals surface area (Å²) in [6, 6.07) is -0.422. The van der Waals surface area contributed by atoms with E-state index in [9.17, 15) is 43.4 Å². The van der Waals surface area contributed by atoms with Gasteiger partial charge in [-0.3, -0.25) is 19.3 Å². The summed E-state index contributed by atoms with van der Waals surface area (Å²) >= 11 is 2.23. The van der Waals surface area contributed by atoms with Gasteiger partial charge in [0.05, 0.1) is 50.7 Å². The number of carbonyl (C=O) groups excluding carboxylic acids is 3. The maximum Gasteiger partial charge on any atom is 0.353 e. The number of likely N-dealkylation sites (N-methyl/N-ethyl adjacent to an activating group) is 1. The summed E-state index contributed by atoms with van der Waals surface area (Å²) in [6.07, 6.45) is 0.832. The molecule has 2 fully saturated rings. The minimum absolute atomic E-state index is 0. The number of piperazine rings is 1. The van der Waals surface area contributed by atoms with Crippen LogP contribution in [0.5, 0.6) is 0 Å². The van der Waals surface area contributed by atoms with Crippen LogP contribution in [0, 0.1) is 11.6 Å².